The van der Waals surface area contributed by atoms with Crippen LogP contribution in [0.1, 0.15) is 45.4 Å². The second kappa shape index (κ2) is 5.55. The molecule has 4 saturated carbocycles. The number of ether oxygens (including phenoxy) is 1. The summed E-state index contributed by atoms with van der Waals surface area (Å²) in [5.41, 5.74) is -0.100. The van der Waals surface area contributed by atoms with E-state index in [9.17, 15) is 4.79 Å². The lowest BCUT2D eigenvalue weighted by Gasteiger charge is -2.60. The van der Waals surface area contributed by atoms with Crippen LogP contribution >= 0.6 is 0 Å². The van der Waals surface area contributed by atoms with Gasteiger partial charge < -0.3 is 15.4 Å². The van der Waals surface area contributed by atoms with E-state index in [1.807, 2.05) is 7.11 Å². The summed E-state index contributed by atoms with van der Waals surface area (Å²) in [6.07, 6.45) is 7.63. The highest BCUT2D eigenvalue weighted by Gasteiger charge is 2.57. The molecular weight excluding hydrogens is 252 g/mol. The van der Waals surface area contributed by atoms with Crippen LogP contribution in [0.4, 0.5) is 4.79 Å². The maximum atomic E-state index is 11.8. The van der Waals surface area contributed by atoms with Crippen molar-refractivity contribution in [1.29, 1.82) is 0 Å². The van der Waals surface area contributed by atoms with Gasteiger partial charge in [-0.25, -0.2) is 4.79 Å². The number of carbonyl (C=O) groups excluding carboxylic acids is 1. The molecule has 0 heterocycles. The normalized spacial score (nSPS) is 41.7. The second-order valence-corrected chi connectivity index (χ2v) is 7.07. The molecule has 0 aliphatic heterocycles. The SMILES string of the molecule is CCCNC(=O)NCC1(OC)C2CC3CC(C2)CC1C3. The van der Waals surface area contributed by atoms with E-state index in [-0.39, 0.29) is 11.6 Å². The number of hydrogen-bond donors (Lipinski definition) is 2. The van der Waals surface area contributed by atoms with Crippen LogP contribution in [0.15, 0.2) is 0 Å². The Balaban J connectivity index is 1.64. The third-order valence-corrected chi connectivity index (χ3v) is 5.96. The van der Waals surface area contributed by atoms with Gasteiger partial charge in [0.25, 0.3) is 0 Å². The van der Waals surface area contributed by atoms with Crippen molar-refractivity contribution in [3.63, 3.8) is 0 Å². The summed E-state index contributed by atoms with van der Waals surface area (Å²) in [6, 6.07) is -0.0444. The summed E-state index contributed by atoms with van der Waals surface area (Å²) in [6.45, 7) is 3.48. The van der Waals surface area contributed by atoms with Gasteiger partial charge in [-0.1, -0.05) is 6.92 Å². The van der Waals surface area contributed by atoms with E-state index in [4.69, 9.17) is 4.74 Å². The zero-order valence-corrected chi connectivity index (χ0v) is 12.8. The third-order valence-electron chi connectivity index (χ3n) is 5.96. The first-order valence-corrected chi connectivity index (χ1v) is 8.24. The molecule has 0 aromatic heterocycles. The molecule has 0 radical (unpaired) electrons. The summed E-state index contributed by atoms with van der Waals surface area (Å²) >= 11 is 0. The van der Waals surface area contributed by atoms with Gasteiger partial charge in [-0.05, 0) is 62.2 Å². The standard InChI is InChI=1S/C16H28N2O2/c1-3-4-17-15(19)18-10-16(20-2)13-6-11-5-12(8-13)9-14(16)7-11/h11-14H,3-10H2,1-2H3,(H2,17,18,19). The van der Waals surface area contributed by atoms with E-state index in [1.165, 1.54) is 32.1 Å². The van der Waals surface area contributed by atoms with E-state index in [0.717, 1.165) is 24.8 Å². The Bertz CT molecular complexity index is 341. The molecule has 0 unspecified atom stereocenters. The Kier molecular flexibility index (Phi) is 3.93. The van der Waals surface area contributed by atoms with Crippen LogP contribution in [0.5, 0.6) is 0 Å². The van der Waals surface area contributed by atoms with Crippen LogP contribution in [-0.4, -0.2) is 31.8 Å². The van der Waals surface area contributed by atoms with E-state index in [2.05, 4.69) is 17.6 Å². The van der Waals surface area contributed by atoms with Gasteiger partial charge in [0, 0.05) is 20.2 Å². The molecule has 0 atom stereocenters. The minimum Gasteiger partial charge on any atom is -0.376 e. The topological polar surface area (TPSA) is 50.4 Å². The van der Waals surface area contributed by atoms with Crippen molar-refractivity contribution in [2.45, 2.75) is 51.0 Å². The quantitative estimate of drug-likeness (QED) is 0.813. The second-order valence-electron chi connectivity index (χ2n) is 7.07. The Morgan fingerprint density at radius 1 is 1.10 bits per heavy atom. The Labute approximate surface area is 122 Å². The van der Waals surface area contributed by atoms with Crippen molar-refractivity contribution in [3.8, 4) is 0 Å². The van der Waals surface area contributed by atoms with E-state index in [1.54, 1.807) is 0 Å². The van der Waals surface area contributed by atoms with Gasteiger partial charge in [0.15, 0.2) is 0 Å². The average molecular weight is 280 g/mol. The van der Waals surface area contributed by atoms with Crippen LogP contribution in [-0.2, 0) is 4.74 Å². The van der Waals surface area contributed by atoms with Crippen LogP contribution in [0, 0.1) is 23.7 Å². The monoisotopic (exact) mass is 280 g/mol. The number of rotatable bonds is 5. The van der Waals surface area contributed by atoms with Crippen LogP contribution in [0.2, 0.25) is 0 Å². The molecule has 4 fully saturated rings. The van der Waals surface area contributed by atoms with Crippen molar-refractivity contribution >= 4 is 6.03 Å². The van der Waals surface area contributed by atoms with Crippen molar-refractivity contribution < 1.29 is 9.53 Å². The molecule has 4 bridgehead atoms. The molecular formula is C16H28N2O2. The van der Waals surface area contributed by atoms with Crippen molar-refractivity contribution in [1.82, 2.24) is 10.6 Å². The molecule has 0 aromatic carbocycles. The molecule has 0 saturated heterocycles. The maximum Gasteiger partial charge on any atom is 0.314 e. The molecule has 2 N–H and O–H groups in total. The van der Waals surface area contributed by atoms with Crippen LogP contribution < -0.4 is 10.6 Å². The number of urea groups is 1. The molecule has 4 nitrogen and oxygen atoms in total. The van der Waals surface area contributed by atoms with Gasteiger partial charge >= 0.3 is 6.03 Å². The average Bonchev–Trinajstić information content (AvgIpc) is 2.44. The summed E-state index contributed by atoms with van der Waals surface area (Å²) < 4.78 is 6.03. The van der Waals surface area contributed by atoms with Gasteiger partial charge in [-0.3, -0.25) is 0 Å². The number of nitrogens with one attached hydrogen (secondary N) is 2. The summed E-state index contributed by atoms with van der Waals surface area (Å²) in [7, 11) is 1.84. The van der Waals surface area contributed by atoms with Gasteiger partial charge in [0.05, 0.1) is 5.60 Å². The summed E-state index contributed by atoms with van der Waals surface area (Å²) in [5, 5.41) is 5.95. The highest BCUT2D eigenvalue weighted by molar-refractivity contribution is 5.73. The Morgan fingerprint density at radius 3 is 2.20 bits per heavy atom. The third kappa shape index (κ3) is 2.32. The largest absolute Gasteiger partial charge is 0.376 e. The molecule has 2 amide bonds. The van der Waals surface area contributed by atoms with Gasteiger partial charge in [-0.2, -0.15) is 0 Å². The Hall–Kier alpha value is -0.770. The van der Waals surface area contributed by atoms with Gasteiger partial charge in [0.1, 0.15) is 0 Å². The number of methoxy groups -OCH3 is 1. The highest BCUT2D eigenvalue weighted by Crippen LogP contribution is 2.59. The lowest BCUT2D eigenvalue weighted by atomic mass is 9.49. The molecule has 0 aromatic rings. The molecule has 20 heavy (non-hydrogen) atoms. The Morgan fingerprint density at radius 2 is 1.70 bits per heavy atom. The molecule has 4 aliphatic carbocycles. The smallest absolute Gasteiger partial charge is 0.314 e. The predicted molar refractivity (Wildman–Crippen MR) is 78.5 cm³/mol. The first-order chi connectivity index (χ1) is 9.68. The number of amides is 2. The molecule has 4 aliphatic rings. The van der Waals surface area contributed by atoms with Crippen molar-refractivity contribution in [2.24, 2.45) is 23.7 Å². The van der Waals surface area contributed by atoms with Gasteiger partial charge in [-0.15, -0.1) is 0 Å². The fourth-order valence-electron chi connectivity index (χ4n) is 5.20. The first kappa shape index (κ1) is 14.2. The minimum atomic E-state index is -0.100. The molecule has 0 spiro atoms. The first-order valence-electron chi connectivity index (χ1n) is 8.24. The maximum absolute atomic E-state index is 11.8. The fourth-order valence-corrected chi connectivity index (χ4v) is 5.20. The number of carbonyl (C=O) groups is 1. The predicted octanol–water partition coefficient (Wildman–Crippen LogP) is 2.54. The molecule has 4 rings (SSSR count). The summed E-state index contributed by atoms with van der Waals surface area (Å²) in [5.74, 6) is 3.15. The van der Waals surface area contributed by atoms with Crippen molar-refractivity contribution in [2.75, 3.05) is 20.2 Å². The molecule has 4 heteroatoms. The van der Waals surface area contributed by atoms with Crippen LogP contribution in [0.3, 0.4) is 0 Å². The highest BCUT2D eigenvalue weighted by atomic mass is 16.5. The lowest BCUT2D eigenvalue weighted by Crippen LogP contribution is -2.63. The minimum absolute atomic E-state index is 0.0444. The van der Waals surface area contributed by atoms with Crippen LogP contribution in [0.25, 0.3) is 0 Å². The molecule has 114 valence electrons. The van der Waals surface area contributed by atoms with Crippen molar-refractivity contribution in [3.05, 3.63) is 0 Å². The van der Waals surface area contributed by atoms with E-state index in [0.29, 0.717) is 18.4 Å². The zero-order valence-electron chi connectivity index (χ0n) is 12.8. The lowest BCUT2D eigenvalue weighted by molar-refractivity contribution is -0.186. The van der Waals surface area contributed by atoms with E-state index < -0.39 is 0 Å². The number of hydrogen-bond acceptors (Lipinski definition) is 2. The van der Waals surface area contributed by atoms with Gasteiger partial charge in [0.2, 0.25) is 0 Å². The van der Waals surface area contributed by atoms with E-state index >= 15 is 0 Å². The summed E-state index contributed by atoms with van der Waals surface area (Å²) in [4.78, 5) is 11.8. The fraction of sp³-hybridized carbons (Fsp3) is 0.938. The zero-order chi connectivity index (χ0) is 14.2.